The summed E-state index contributed by atoms with van der Waals surface area (Å²) >= 11 is 0. The average molecular weight is 626 g/mol. The van der Waals surface area contributed by atoms with E-state index in [0.29, 0.717) is 11.3 Å². The van der Waals surface area contributed by atoms with Crippen molar-refractivity contribution in [2.75, 3.05) is 10.8 Å². The van der Waals surface area contributed by atoms with Crippen molar-refractivity contribution in [2.45, 2.75) is 71.0 Å². The second-order valence-electron chi connectivity index (χ2n) is 11.6. The molecule has 4 aromatic carbocycles. The normalized spacial score (nSPS) is 12.6. The Balaban J connectivity index is 1.83. The number of nitrogens with zero attached hydrogens (tertiary/aromatic N) is 2. The highest BCUT2D eigenvalue weighted by atomic mass is 32.2. The fourth-order valence-electron chi connectivity index (χ4n) is 5.22. The summed E-state index contributed by atoms with van der Waals surface area (Å²) in [5.74, 6) is -0.754. The van der Waals surface area contributed by atoms with Crippen LogP contribution in [-0.2, 0) is 32.6 Å². The number of hydrogen-bond donors (Lipinski definition) is 1. The second kappa shape index (κ2) is 15.0. The minimum atomic E-state index is -4.14. The van der Waals surface area contributed by atoms with Gasteiger partial charge in [0.05, 0.1) is 10.6 Å². The topological polar surface area (TPSA) is 86.8 Å². The van der Waals surface area contributed by atoms with E-state index in [9.17, 15) is 18.0 Å². The summed E-state index contributed by atoms with van der Waals surface area (Å²) in [6.07, 6.45) is 1.00. The standard InChI is InChI=1S/C37H43N3O4S/c1-6-30(5)38-37(42)35(24-31-15-9-7-10-16-31)39(25-32-17-13-14-27(2)22-32)36(41)26-40(34-23-28(3)20-21-29(34)4)45(43,44)33-18-11-8-12-19-33/h7-23,30,35H,6,24-26H2,1-5H3,(H,38,42)/t30-,35+/m0/s1. The minimum absolute atomic E-state index is 0.0827. The molecule has 7 nitrogen and oxygen atoms in total. The minimum Gasteiger partial charge on any atom is -0.352 e. The number of rotatable bonds is 13. The van der Waals surface area contributed by atoms with E-state index in [4.69, 9.17) is 0 Å². The quantitative estimate of drug-likeness (QED) is 0.187. The van der Waals surface area contributed by atoms with Gasteiger partial charge in [-0.05, 0) is 74.6 Å². The van der Waals surface area contributed by atoms with Crippen LogP contribution in [0.4, 0.5) is 5.69 Å². The molecule has 4 rings (SSSR count). The molecule has 0 saturated carbocycles. The van der Waals surface area contributed by atoms with Gasteiger partial charge in [0.2, 0.25) is 11.8 Å². The molecule has 0 aliphatic rings. The van der Waals surface area contributed by atoms with E-state index in [2.05, 4.69) is 5.32 Å². The van der Waals surface area contributed by atoms with E-state index in [0.717, 1.165) is 28.7 Å². The van der Waals surface area contributed by atoms with Crippen molar-refractivity contribution in [2.24, 2.45) is 0 Å². The smallest absolute Gasteiger partial charge is 0.264 e. The zero-order valence-corrected chi connectivity index (χ0v) is 27.6. The first kappa shape index (κ1) is 33.5. The Bertz CT molecular complexity index is 1710. The predicted octanol–water partition coefficient (Wildman–Crippen LogP) is 6.36. The zero-order valence-electron chi connectivity index (χ0n) is 26.7. The van der Waals surface area contributed by atoms with E-state index in [1.165, 1.54) is 21.3 Å². The third-order valence-electron chi connectivity index (χ3n) is 7.95. The zero-order chi connectivity index (χ0) is 32.6. The molecule has 45 heavy (non-hydrogen) atoms. The first-order chi connectivity index (χ1) is 21.5. The average Bonchev–Trinajstić information content (AvgIpc) is 3.03. The van der Waals surface area contributed by atoms with Gasteiger partial charge in [0.1, 0.15) is 12.6 Å². The summed E-state index contributed by atoms with van der Waals surface area (Å²) in [7, 11) is -4.14. The van der Waals surface area contributed by atoms with E-state index in [1.807, 2.05) is 101 Å². The van der Waals surface area contributed by atoms with Crippen molar-refractivity contribution in [3.63, 3.8) is 0 Å². The van der Waals surface area contributed by atoms with E-state index < -0.39 is 28.5 Å². The molecule has 0 aliphatic carbocycles. The summed E-state index contributed by atoms with van der Waals surface area (Å²) in [6, 6.07) is 30.1. The van der Waals surface area contributed by atoms with Crippen LogP contribution >= 0.6 is 0 Å². The van der Waals surface area contributed by atoms with Gasteiger partial charge in [-0.15, -0.1) is 0 Å². The molecule has 8 heteroatoms. The number of carbonyl (C=O) groups excluding carboxylic acids is 2. The molecule has 0 unspecified atom stereocenters. The van der Waals surface area contributed by atoms with Crippen LogP contribution in [0.5, 0.6) is 0 Å². The van der Waals surface area contributed by atoms with Crippen LogP contribution in [0.3, 0.4) is 0 Å². The van der Waals surface area contributed by atoms with Crippen LogP contribution in [0.2, 0.25) is 0 Å². The van der Waals surface area contributed by atoms with Gasteiger partial charge in [-0.3, -0.25) is 13.9 Å². The highest BCUT2D eigenvalue weighted by Gasteiger charge is 2.35. The molecule has 236 valence electrons. The highest BCUT2D eigenvalue weighted by molar-refractivity contribution is 7.92. The second-order valence-corrected chi connectivity index (χ2v) is 13.5. The molecular weight excluding hydrogens is 582 g/mol. The molecule has 0 fully saturated rings. The molecular formula is C37H43N3O4S. The fraction of sp³-hybridized carbons (Fsp3) is 0.297. The van der Waals surface area contributed by atoms with Crippen LogP contribution < -0.4 is 9.62 Å². The van der Waals surface area contributed by atoms with Gasteiger partial charge < -0.3 is 10.2 Å². The summed E-state index contributed by atoms with van der Waals surface area (Å²) < 4.78 is 29.6. The van der Waals surface area contributed by atoms with Crippen molar-refractivity contribution < 1.29 is 18.0 Å². The number of benzene rings is 4. The van der Waals surface area contributed by atoms with Crippen LogP contribution in [0, 0.1) is 20.8 Å². The molecule has 2 atom stereocenters. The van der Waals surface area contributed by atoms with E-state index >= 15 is 0 Å². The number of nitrogens with one attached hydrogen (secondary N) is 1. The Morgan fingerprint density at radius 1 is 0.778 bits per heavy atom. The lowest BCUT2D eigenvalue weighted by molar-refractivity contribution is -0.140. The third-order valence-corrected chi connectivity index (χ3v) is 9.72. The largest absolute Gasteiger partial charge is 0.352 e. The lowest BCUT2D eigenvalue weighted by Gasteiger charge is -2.34. The maximum atomic E-state index is 14.6. The van der Waals surface area contributed by atoms with Gasteiger partial charge in [-0.1, -0.05) is 97.4 Å². The maximum absolute atomic E-state index is 14.6. The molecule has 0 aliphatic heterocycles. The number of hydrogen-bond acceptors (Lipinski definition) is 4. The first-order valence-electron chi connectivity index (χ1n) is 15.3. The Labute approximate surface area is 268 Å². The van der Waals surface area contributed by atoms with Gasteiger partial charge in [-0.2, -0.15) is 0 Å². The van der Waals surface area contributed by atoms with Gasteiger partial charge in [0, 0.05) is 19.0 Å². The van der Waals surface area contributed by atoms with Crippen LogP contribution in [-0.4, -0.2) is 43.8 Å². The number of amides is 2. The third kappa shape index (κ3) is 8.60. The molecule has 2 amide bonds. The molecule has 0 spiro atoms. The summed E-state index contributed by atoms with van der Waals surface area (Å²) in [6.45, 7) is 9.27. The molecule has 0 saturated heterocycles. The van der Waals surface area contributed by atoms with Crippen molar-refractivity contribution in [1.82, 2.24) is 10.2 Å². The summed E-state index contributed by atoms with van der Waals surface area (Å²) in [5.41, 5.74) is 4.77. The number of aryl methyl sites for hydroxylation is 3. The SMILES string of the molecule is CC[C@H](C)NC(=O)[C@@H](Cc1ccccc1)N(Cc1cccc(C)c1)C(=O)CN(c1cc(C)ccc1C)S(=O)(=O)c1ccccc1. The lowest BCUT2D eigenvalue weighted by atomic mass is 10.0. The predicted molar refractivity (Wildman–Crippen MR) is 180 cm³/mol. The molecule has 1 N–H and O–H groups in total. The van der Waals surface area contributed by atoms with Crippen molar-refractivity contribution in [3.8, 4) is 0 Å². The highest BCUT2D eigenvalue weighted by Crippen LogP contribution is 2.29. The fourth-order valence-corrected chi connectivity index (χ4v) is 6.71. The van der Waals surface area contributed by atoms with Gasteiger partial charge in [0.15, 0.2) is 0 Å². The lowest BCUT2D eigenvalue weighted by Crippen LogP contribution is -2.54. The maximum Gasteiger partial charge on any atom is 0.264 e. The van der Waals surface area contributed by atoms with Gasteiger partial charge in [0.25, 0.3) is 10.0 Å². The van der Waals surface area contributed by atoms with E-state index in [1.54, 1.807) is 24.3 Å². The number of sulfonamides is 1. The molecule has 0 bridgehead atoms. The first-order valence-corrected chi connectivity index (χ1v) is 16.8. The summed E-state index contributed by atoms with van der Waals surface area (Å²) in [5, 5.41) is 3.08. The molecule has 4 aromatic rings. The molecule has 0 heterocycles. The molecule has 0 aromatic heterocycles. The van der Waals surface area contributed by atoms with Crippen molar-refractivity contribution in [3.05, 3.63) is 131 Å². The van der Waals surface area contributed by atoms with Crippen LogP contribution in [0.1, 0.15) is 48.1 Å². The Hall–Kier alpha value is -4.43. The van der Waals surface area contributed by atoms with Crippen molar-refractivity contribution in [1.29, 1.82) is 0 Å². The van der Waals surface area contributed by atoms with Crippen molar-refractivity contribution >= 4 is 27.5 Å². The number of anilines is 1. The Morgan fingerprint density at radius 2 is 1.40 bits per heavy atom. The van der Waals surface area contributed by atoms with Gasteiger partial charge in [-0.25, -0.2) is 8.42 Å². The van der Waals surface area contributed by atoms with Gasteiger partial charge >= 0.3 is 0 Å². The Morgan fingerprint density at radius 3 is 2.04 bits per heavy atom. The Kier molecular flexibility index (Phi) is 11.2. The van der Waals surface area contributed by atoms with E-state index in [-0.39, 0.29) is 29.8 Å². The van der Waals surface area contributed by atoms with Crippen LogP contribution in [0.15, 0.2) is 108 Å². The number of carbonyl (C=O) groups is 2. The summed E-state index contributed by atoms with van der Waals surface area (Å²) in [4.78, 5) is 30.2. The monoisotopic (exact) mass is 625 g/mol. The molecule has 0 radical (unpaired) electrons. The van der Waals surface area contributed by atoms with Crippen LogP contribution in [0.25, 0.3) is 0 Å².